The van der Waals surface area contributed by atoms with E-state index < -0.39 is 39.7 Å². The van der Waals surface area contributed by atoms with Gasteiger partial charge in [-0.15, -0.1) is 10.2 Å². The molecule has 0 spiro atoms. The van der Waals surface area contributed by atoms with Gasteiger partial charge in [0, 0.05) is 12.2 Å². The molecule has 3 heterocycles. The topological polar surface area (TPSA) is 92.4 Å². The number of alkyl halides is 5. The number of nitrogens with zero attached hydrogens (tertiary/aromatic N) is 5. The van der Waals surface area contributed by atoms with Gasteiger partial charge in [0.15, 0.2) is 0 Å². The molecule has 42 heavy (non-hydrogen) atoms. The summed E-state index contributed by atoms with van der Waals surface area (Å²) in [4.78, 5) is 6.49. The first-order valence-electron chi connectivity index (χ1n) is 13.9. The van der Waals surface area contributed by atoms with E-state index in [9.17, 15) is 30.4 Å². The lowest BCUT2D eigenvalue weighted by molar-refractivity contribution is -0.184. The van der Waals surface area contributed by atoms with Gasteiger partial charge in [-0.25, -0.2) is 8.42 Å². The number of rotatable bonds is 8. The summed E-state index contributed by atoms with van der Waals surface area (Å²) in [5, 5.41) is 6.26. The molecule has 2 aliphatic rings. The van der Waals surface area contributed by atoms with E-state index in [1.54, 1.807) is 30.3 Å². The summed E-state index contributed by atoms with van der Waals surface area (Å²) >= 11 is 0. The maximum Gasteiger partial charge on any atom is 0.391 e. The maximum atomic E-state index is 14.0. The molecule has 0 unspecified atom stereocenters. The molecule has 1 aromatic carbocycles. The zero-order valence-electron chi connectivity index (χ0n) is 23.0. The molecule has 1 saturated carbocycles. The summed E-state index contributed by atoms with van der Waals surface area (Å²) in [7, 11) is -3.85. The second kappa shape index (κ2) is 12.2. The fourth-order valence-electron chi connectivity index (χ4n) is 5.83. The van der Waals surface area contributed by atoms with Crippen LogP contribution in [0.1, 0.15) is 62.1 Å². The van der Waals surface area contributed by atoms with Crippen molar-refractivity contribution in [3.8, 4) is 11.5 Å². The van der Waals surface area contributed by atoms with Crippen molar-refractivity contribution < 1.29 is 34.8 Å². The number of halogens is 5. The highest BCUT2D eigenvalue weighted by molar-refractivity contribution is 7.93. The smallest absolute Gasteiger partial charge is 0.391 e. The van der Waals surface area contributed by atoms with E-state index in [4.69, 9.17) is 4.42 Å². The number of hydrogen-bond acceptors (Lipinski definition) is 7. The molecule has 1 aliphatic carbocycles. The van der Waals surface area contributed by atoms with E-state index in [1.165, 1.54) is 10.5 Å². The zero-order valence-corrected chi connectivity index (χ0v) is 23.8. The monoisotopic (exact) mass is 613 g/mol. The van der Waals surface area contributed by atoms with Crippen molar-refractivity contribution in [2.45, 2.75) is 75.9 Å². The maximum absolute atomic E-state index is 14.0. The Hall–Kier alpha value is -3.13. The molecule has 1 aliphatic heterocycles. The Morgan fingerprint density at radius 1 is 1.02 bits per heavy atom. The van der Waals surface area contributed by atoms with E-state index in [-0.39, 0.29) is 31.3 Å². The zero-order chi connectivity index (χ0) is 30.1. The molecule has 2 fully saturated rings. The molecule has 0 N–H and O–H groups in total. The number of likely N-dealkylation sites (tertiary alicyclic amines) is 1. The highest BCUT2D eigenvalue weighted by atomic mass is 32.2. The van der Waals surface area contributed by atoms with Gasteiger partial charge >= 0.3 is 12.6 Å². The van der Waals surface area contributed by atoms with Gasteiger partial charge in [0.25, 0.3) is 5.89 Å². The molecule has 0 atom stereocenters. The number of aryl methyl sites for hydroxylation is 1. The van der Waals surface area contributed by atoms with Gasteiger partial charge < -0.3 is 9.32 Å². The lowest BCUT2D eigenvalue weighted by Crippen LogP contribution is -2.49. The Labute approximate surface area is 241 Å². The lowest BCUT2D eigenvalue weighted by atomic mass is 9.84. The van der Waals surface area contributed by atoms with Crippen LogP contribution in [-0.4, -0.2) is 59.1 Å². The third-order valence-corrected chi connectivity index (χ3v) is 10.4. The Bertz CT molecular complexity index is 1450. The fraction of sp³-hybridized carbons (Fsp3) is 0.536. The Balaban J connectivity index is 1.29. The van der Waals surface area contributed by atoms with Crippen LogP contribution in [0.5, 0.6) is 0 Å². The molecule has 0 radical (unpaired) electrons. The van der Waals surface area contributed by atoms with Crippen molar-refractivity contribution in [1.29, 1.82) is 0 Å². The summed E-state index contributed by atoms with van der Waals surface area (Å²) in [6.45, 7) is 2.82. The standard InChI is InChI=1S/C28H32F5N5O3S/c1-18-3-2-4-23(15-18)38(17-21-8-5-19(16-34-21)26-35-36-27(41-26)25(29)30)42(39,40)24-11-13-37(14-12-24)22-9-6-20(7-10-22)28(31,32)33/h2-5,8,15-16,20,22,24-25H,6-7,9-14,17H2,1H3. The van der Waals surface area contributed by atoms with Gasteiger partial charge in [0.05, 0.1) is 34.7 Å². The summed E-state index contributed by atoms with van der Waals surface area (Å²) in [6.07, 6.45) is -3.80. The Morgan fingerprint density at radius 3 is 2.31 bits per heavy atom. The Kier molecular flexibility index (Phi) is 8.83. The predicted octanol–water partition coefficient (Wildman–Crippen LogP) is 6.30. The van der Waals surface area contributed by atoms with Crippen LogP contribution in [0.3, 0.4) is 0 Å². The van der Waals surface area contributed by atoms with Crippen LogP contribution in [0.25, 0.3) is 11.5 Å². The van der Waals surface area contributed by atoms with Gasteiger partial charge in [-0.2, -0.15) is 22.0 Å². The van der Waals surface area contributed by atoms with Crippen molar-refractivity contribution in [2.75, 3.05) is 17.4 Å². The molecule has 3 aromatic rings. The van der Waals surface area contributed by atoms with Crippen molar-refractivity contribution in [3.63, 3.8) is 0 Å². The minimum absolute atomic E-state index is 0.0402. The van der Waals surface area contributed by atoms with Gasteiger partial charge in [-0.3, -0.25) is 9.29 Å². The quantitative estimate of drug-likeness (QED) is 0.276. The largest absolute Gasteiger partial charge is 0.415 e. The van der Waals surface area contributed by atoms with Crippen molar-refractivity contribution in [1.82, 2.24) is 20.1 Å². The molecule has 228 valence electrons. The van der Waals surface area contributed by atoms with Gasteiger partial charge in [0.1, 0.15) is 0 Å². The summed E-state index contributed by atoms with van der Waals surface area (Å²) in [6, 6.07) is 10.3. The summed E-state index contributed by atoms with van der Waals surface area (Å²) < 4.78 is 99.3. The summed E-state index contributed by atoms with van der Waals surface area (Å²) in [5.74, 6) is -2.17. The average molecular weight is 614 g/mol. The Morgan fingerprint density at radius 2 is 1.74 bits per heavy atom. The molecular weight excluding hydrogens is 581 g/mol. The number of hydrogen-bond donors (Lipinski definition) is 0. The van der Waals surface area contributed by atoms with Crippen LogP contribution < -0.4 is 4.31 Å². The van der Waals surface area contributed by atoms with Crippen molar-refractivity contribution in [3.05, 3.63) is 59.7 Å². The highest BCUT2D eigenvalue weighted by Crippen LogP contribution is 2.39. The van der Waals surface area contributed by atoms with Crippen molar-refractivity contribution in [2.24, 2.45) is 5.92 Å². The molecule has 0 bridgehead atoms. The van der Waals surface area contributed by atoms with Crippen LogP contribution in [-0.2, 0) is 16.6 Å². The van der Waals surface area contributed by atoms with E-state index in [1.807, 2.05) is 13.0 Å². The van der Waals surface area contributed by atoms with Crippen LogP contribution in [0.2, 0.25) is 0 Å². The first-order chi connectivity index (χ1) is 19.9. The predicted molar refractivity (Wildman–Crippen MR) is 145 cm³/mol. The van der Waals surface area contributed by atoms with Crippen LogP contribution in [0.15, 0.2) is 47.0 Å². The molecule has 8 nitrogen and oxygen atoms in total. The highest BCUT2D eigenvalue weighted by Gasteiger charge is 2.43. The first-order valence-corrected chi connectivity index (χ1v) is 15.4. The van der Waals surface area contributed by atoms with E-state index in [0.29, 0.717) is 55.7 Å². The van der Waals surface area contributed by atoms with Crippen LogP contribution in [0, 0.1) is 12.8 Å². The van der Waals surface area contributed by atoms with E-state index in [2.05, 4.69) is 20.1 Å². The number of aromatic nitrogens is 3. The second-order valence-corrected chi connectivity index (χ2v) is 13.1. The number of anilines is 1. The van der Waals surface area contributed by atoms with E-state index >= 15 is 0 Å². The number of piperidine rings is 1. The molecule has 0 amide bonds. The van der Waals surface area contributed by atoms with Crippen molar-refractivity contribution >= 4 is 15.7 Å². The van der Waals surface area contributed by atoms with Gasteiger partial charge in [0.2, 0.25) is 15.9 Å². The van der Waals surface area contributed by atoms with Gasteiger partial charge in [-0.05, 0) is 88.4 Å². The molecule has 1 saturated heterocycles. The third kappa shape index (κ3) is 6.74. The second-order valence-electron chi connectivity index (χ2n) is 11.0. The summed E-state index contributed by atoms with van der Waals surface area (Å²) in [5.41, 5.74) is 2.12. The number of pyridine rings is 1. The molecular formula is C28H32F5N5O3S. The van der Waals surface area contributed by atoms with Crippen LogP contribution >= 0.6 is 0 Å². The average Bonchev–Trinajstić information content (AvgIpc) is 3.47. The molecule has 5 rings (SSSR count). The minimum atomic E-state index is -4.16. The number of benzene rings is 1. The lowest BCUT2D eigenvalue weighted by Gasteiger charge is -2.41. The first kappa shape index (κ1) is 30.3. The SMILES string of the molecule is Cc1cccc(N(Cc2ccc(-c3nnc(C(F)F)o3)cn2)S(=O)(=O)C2CCN(C3CCC(C(F)(F)F)CC3)CC2)c1. The minimum Gasteiger partial charge on any atom is -0.415 e. The van der Waals surface area contributed by atoms with E-state index in [0.717, 1.165) is 5.56 Å². The number of sulfonamides is 1. The van der Waals surface area contributed by atoms with Gasteiger partial charge in [-0.1, -0.05) is 12.1 Å². The fourth-order valence-corrected chi connectivity index (χ4v) is 7.72. The molecule has 14 heteroatoms. The third-order valence-electron chi connectivity index (χ3n) is 8.18. The normalized spacial score (nSPS) is 21.1. The van der Waals surface area contributed by atoms with Crippen LogP contribution in [0.4, 0.5) is 27.6 Å². The molecule has 2 aromatic heterocycles.